The molecule has 1 rings (SSSR count). The summed E-state index contributed by atoms with van der Waals surface area (Å²) in [7, 11) is 0. The summed E-state index contributed by atoms with van der Waals surface area (Å²) in [6.07, 6.45) is 10.4. The number of nitrogens with one attached hydrogen (secondary N) is 1. The van der Waals surface area contributed by atoms with Gasteiger partial charge in [-0.15, -0.1) is 0 Å². The van der Waals surface area contributed by atoms with Crippen LogP contribution in [-0.2, 0) is 0 Å². The van der Waals surface area contributed by atoms with Crippen LogP contribution < -0.4 is 5.32 Å². The summed E-state index contributed by atoms with van der Waals surface area (Å²) in [5, 5.41) is 12.4. The van der Waals surface area contributed by atoms with Crippen molar-refractivity contribution in [3.05, 3.63) is 0 Å². The molecule has 2 nitrogen and oxygen atoms in total. The van der Waals surface area contributed by atoms with Crippen LogP contribution in [0.4, 0.5) is 0 Å². The average Bonchev–Trinajstić information content (AvgIpc) is 2.49. The van der Waals surface area contributed by atoms with Crippen molar-refractivity contribution in [1.82, 2.24) is 5.32 Å². The van der Waals surface area contributed by atoms with Crippen molar-refractivity contribution in [3.63, 3.8) is 0 Å². The Morgan fingerprint density at radius 1 is 1.19 bits per heavy atom. The lowest BCUT2D eigenvalue weighted by Gasteiger charge is -2.30. The second-order valence-electron chi connectivity index (χ2n) is 5.87. The molecule has 0 amide bonds. The molecule has 0 spiro atoms. The third kappa shape index (κ3) is 5.31. The minimum absolute atomic E-state index is 0.323. The van der Waals surface area contributed by atoms with E-state index in [1.54, 1.807) is 0 Å². The van der Waals surface area contributed by atoms with E-state index in [-0.39, 0.29) is 0 Å². The molecule has 1 aliphatic rings. The van der Waals surface area contributed by atoms with Crippen molar-refractivity contribution in [2.45, 2.75) is 71.3 Å². The maximum atomic E-state index is 8.79. The third-order valence-corrected chi connectivity index (χ3v) is 3.98. The standard InChI is InChI=1S/C14H29NO/c1-13(8-7-11-16)15-12-14(2)9-5-3-4-6-10-14/h13,15-16H,3-12H2,1-2H3. The van der Waals surface area contributed by atoms with Gasteiger partial charge in [0.15, 0.2) is 0 Å². The van der Waals surface area contributed by atoms with Crippen LogP contribution in [0.5, 0.6) is 0 Å². The lowest BCUT2D eigenvalue weighted by molar-refractivity contribution is 0.241. The maximum absolute atomic E-state index is 8.79. The normalized spacial score (nSPS) is 22.7. The van der Waals surface area contributed by atoms with E-state index in [1.807, 2.05) is 0 Å². The van der Waals surface area contributed by atoms with E-state index >= 15 is 0 Å². The lowest BCUT2D eigenvalue weighted by Crippen LogP contribution is -2.36. The summed E-state index contributed by atoms with van der Waals surface area (Å²) in [6, 6.07) is 0.548. The van der Waals surface area contributed by atoms with Gasteiger partial charge in [0.25, 0.3) is 0 Å². The molecule has 2 heteroatoms. The van der Waals surface area contributed by atoms with Crippen molar-refractivity contribution < 1.29 is 5.11 Å². The first-order valence-electron chi connectivity index (χ1n) is 7.00. The lowest BCUT2D eigenvalue weighted by atomic mass is 9.82. The summed E-state index contributed by atoms with van der Waals surface area (Å²) >= 11 is 0. The summed E-state index contributed by atoms with van der Waals surface area (Å²) in [4.78, 5) is 0. The van der Waals surface area contributed by atoms with E-state index in [9.17, 15) is 0 Å². The Balaban J connectivity index is 2.23. The predicted molar refractivity (Wildman–Crippen MR) is 69.6 cm³/mol. The number of aliphatic hydroxyl groups excluding tert-OH is 1. The van der Waals surface area contributed by atoms with Crippen LogP contribution in [0.1, 0.15) is 65.2 Å². The highest BCUT2D eigenvalue weighted by molar-refractivity contribution is 4.80. The first kappa shape index (κ1) is 14.0. The van der Waals surface area contributed by atoms with Crippen molar-refractivity contribution in [2.75, 3.05) is 13.2 Å². The quantitative estimate of drug-likeness (QED) is 0.683. The maximum Gasteiger partial charge on any atom is 0.0431 e. The molecule has 1 saturated carbocycles. The van der Waals surface area contributed by atoms with E-state index in [2.05, 4.69) is 19.2 Å². The van der Waals surface area contributed by atoms with Crippen LogP contribution in [0.15, 0.2) is 0 Å². The van der Waals surface area contributed by atoms with Gasteiger partial charge in [0.1, 0.15) is 0 Å². The largest absolute Gasteiger partial charge is 0.396 e. The van der Waals surface area contributed by atoms with Crippen LogP contribution >= 0.6 is 0 Å². The summed E-state index contributed by atoms with van der Waals surface area (Å²) in [5.41, 5.74) is 0.518. The van der Waals surface area contributed by atoms with Gasteiger partial charge in [-0.25, -0.2) is 0 Å². The predicted octanol–water partition coefficient (Wildman–Crippen LogP) is 3.10. The molecule has 0 aromatic rings. The molecule has 16 heavy (non-hydrogen) atoms. The van der Waals surface area contributed by atoms with Crippen molar-refractivity contribution >= 4 is 0 Å². The van der Waals surface area contributed by atoms with Crippen LogP contribution in [0, 0.1) is 5.41 Å². The summed E-state index contributed by atoms with van der Waals surface area (Å²) < 4.78 is 0. The van der Waals surface area contributed by atoms with Crippen LogP contribution in [0.3, 0.4) is 0 Å². The van der Waals surface area contributed by atoms with Gasteiger partial charge >= 0.3 is 0 Å². The Morgan fingerprint density at radius 3 is 2.38 bits per heavy atom. The van der Waals surface area contributed by atoms with Gasteiger partial charge in [0.2, 0.25) is 0 Å². The molecule has 0 aliphatic heterocycles. The fourth-order valence-electron chi connectivity index (χ4n) is 2.68. The Morgan fingerprint density at radius 2 is 1.81 bits per heavy atom. The molecule has 0 radical (unpaired) electrons. The minimum atomic E-state index is 0.323. The van der Waals surface area contributed by atoms with Gasteiger partial charge in [-0.05, 0) is 38.0 Å². The van der Waals surface area contributed by atoms with Gasteiger partial charge in [-0.3, -0.25) is 0 Å². The smallest absolute Gasteiger partial charge is 0.0431 e. The molecule has 1 fully saturated rings. The fraction of sp³-hybridized carbons (Fsp3) is 1.00. The highest BCUT2D eigenvalue weighted by Crippen LogP contribution is 2.33. The Kier molecular flexibility index (Phi) is 6.37. The summed E-state index contributed by atoms with van der Waals surface area (Å²) in [6.45, 7) is 6.14. The molecule has 0 aromatic heterocycles. The SMILES string of the molecule is CC(CCCO)NCC1(C)CCCCCC1. The Hall–Kier alpha value is -0.0800. The van der Waals surface area contributed by atoms with Gasteiger partial charge in [-0.2, -0.15) is 0 Å². The van der Waals surface area contributed by atoms with Crippen LogP contribution in [0.25, 0.3) is 0 Å². The molecular formula is C14H29NO. The highest BCUT2D eigenvalue weighted by Gasteiger charge is 2.25. The van der Waals surface area contributed by atoms with Crippen molar-refractivity contribution in [2.24, 2.45) is 5.41 Å². The van der Waals surface area contributed by atoms with Gasteiger partial charge < -0.3 is 10.4 Å². The number of hydrogen-bond acceptors (Lipinski definition) is 2. The molecule has 1 unspecified atom stereocenters. The molecule has 0 bridgehead atoms. The van der Waals surface area contributed by atoms with E-state index in [4.69, 9.17) is 5.11 Å². The highest BCUT2D eigenvalue weighted by atomic mass is 16.2. The van der Waals surface area contributed by atoms with E-state index in [0.717, 1.165) is 19.4 Å². The van der Waals surface area contributed by atoms with Crippen LogP contribution in [0.2, 0.25) is 0 Å². The van der Waals surface area contributed by atoms with Gasteiger partial charge in [-0.1, -0.05) is 32.6 Å². The Labute approximate surface area is 101 Å². The topological polar surface area (TPSA) is 32.3 Å². The second-order valence-corrected chi connectivity index (χ2v) is 5.87. The zero-order valence-corrected chi connectivity index (χ0v) is 11.1. The number of hydrogen-bond donors (Lipinski definition) is 2. The molecule has 96 valence electrons. The second kappa shape index (κ2) is 7.29. The molecule has 2 N–H and O–H groups in total. The molecule has 0 aromatic carbocycles. The molecule has 1 aliphatic carbocycles. The fourth-order valence-corrected chi connectivity index (χ4v) is 2.68. The monoisotopic (exact) mass is 227 g/mol. The minimum Gasteiger partial charge on any atom is -0.396 e. The van der Waals surface area contributed by atoms with Crippen molar-refractivity contribution in [3.8, 4) is 0 Å². The molecule has 0 saturated heterocycles. The molecule has 1 atom stereocenters. The van der Waals surface area contributed by atoms with Crippen LogP contribution in [-0.4, -0.2) is 24.3 Å². The molecule has 0 heterocycles. The van der Waals surface area contributed by atoms with E-state index in [0.29, 0.717) is 18.1 Å². The zero-order valence-electron chi connectivity index (χ0n) is 11.1. The number of rotatable bonds is 6. The van der Waals surface area contributed by atoms with Gasteiger partial charge in [0.05, 0.1) is 0 Å². The van der Waals surface area contributed by atoms with E-state index < -0.39 is 0 Å². The van der Waals surface area contributed by atoms with Gasteiger partial charge in [0, 0.05) is 19.2 Å². The van der Waals surface area contributed by atoms with Crippen molar-refractivity contribution in [1.29, 1.82) is 0 Å². The Bertz CT molecular complexity index is 174. The number of aliphatic hydroxyl groups is 1. The molecular weight excluding hydrogens is 198 g/mol. The third-order valence-electron chi connectivity index (χ3n) is 3.98. The summed E-state index contributed by atoms with van der Waals surface area (Å²) in [5.74, 6) is 0. The average molecular weight is 227 g/mol. The van der Waals surface area contributed by atoms with E-state index in [1.165, 1.54) is 38.5 Å². The zero-order chi connectivity index (χ0) is 11.9. The first-order valence-corrected chi connectivity index (χ1v) is 7.00. The first-order chi connectivity index (χ1) is 7.66.